The Morgan fingerprint density at radius 2 is 2.00 bits per heavy atom. The van der Waals surface area contributed by atoms with E-state index in [-0.39, 0.29) is 5.91 Å². The van der Waals surface area contributed by atoms with E-state index < -0.39 is 0 Å². The molecule has 132 valence electrons. The van der Waals surface area contributed by atoms with Gasteiger partial charge in [0.05, 0.1) is 12.9 Å². The van der Waals surface area contributed by atoms with Crippen LogP contribution in [0.2, 0.25) is 0 Å². The summed E-state index contributed by atoms with van der Waals surface area (Å²) in [5.41, 5.74) is 5.27. The van der Waals surface area contributed by atoms with Crippen molar-refractivity contribution < 1.29 is 9.53 Å². The molecule has 0 radical (unpaired) electrons. The molecule has 2 aromatic rings. The predicted octanol–water partition coefficient (Wildman–Crippen LogP) is 3.94. The molecule has 0 bridgehead atoms. The molecule has 0 aromatic heterocycles. The van der Waals surface area contributed by atoms with Crippen LogP contribution in [-0.4, -0.2) is 25.3 Å². The Hall–Kier alpha value is -1.94. The second kappa shape index (κ2) is 8.43. The fourth-order valence-corrected chi connectivity index (χ4v) is 4.07. The largest absolute Gasteiger partial charge is 0.496 e. The average molecular weight is 356 g/mol. The summed E-state index contributed by atoms with van der Waals surface area (Å²) in [4.78, 5) is 13.3. The highest BCUT2D eigenvalue weighted by atomic mass is 32.2. The minimum absolute atomic E-state index is 0.0807. The molecule has 0 aliphatic heterocycles. The number of carbonyl (C=O) groups is 1. The van der Waals surface area contributed by atoms with Crippen molar-refractivity contribution in [3.8, 4) is 5.75 Å². The van der Waals surface area contributed by atoms with Crippen LogP contribution in [0.1, 0.15) is 28.7 Å². The summed E-state index contributed by atoms with van der Waals surface area (Å²) in [5, 5.41) is 3.01. The number of hydrogen-bond acceptors (Lipinski definition) is 3. The summed E-state index contributed by atoms with van der Waals surface area (Å²) in [6.45, 7) is 2.69. The van der Waals surface area contributed by atoms with Gasteiger partial charge >= 0.3 is 0 Å². The Bertz CT molecular complexity index is 758. The molecule has 0 atom stereocenters. The van der Waals surface area contributed by atoms with Gasteiger partial charge in [0.1, 0.15) is 5.75 Å². The SMILES string of the molecule is COc1ccc(C)cc1CCNC(=O)CSc1ccc2c(c1)CCC2. The Balaban J connectivity index is 1.45. The maximum atomic E-state index is 12.1. The van der Waals surface area contributed by atoms with Crippen molar-refractivity contribution in [2.24, 2.45) is 0 Å². The molecule has 0 unspecified atom stereocenters. The monoisotopic (exact) mass is 355 g/mol. The van der Waals surface area contributed by atoms with Crippen LogP contribution >= 0.6 is 11.8 Å². The van der Waals surface area contributed by atoms with Crippen molar-refractivity contribution in [2.45, 2.75) is 37.5 Å². The molecule has 3 rings (SSSR count). The molecule has 0 saturated heterocycles. The molecule has 25 heavy (non-hydrogen) atoms. The molecule has 1 amide bonds. The number of hydrogen-bond donors (Lipinski definition) is 1. The third kappa shape index (κ3) is 4.79. The van der Waals surface area contributed by atoms with E-state index in [2.05, 4.69) is 36.5 Å². The van der Waals surface area contributed by atoms with Gasteiger partial charge in [-0.05, 0) is 67.5 Å². The summed E-state index contributed by atoms with van der Waals surface area (Å²) in [6.07, 6.45) is 4.41. The van der Waals surface area contributed by atoms with E-state index in [9.17, 15) is 4.79 Å². The highest BCUT2D eigenvalue weighted by molar-refractivity contribution is 8.00. The number of aryl methyl sites for hydroxylation is 3. The number of ether oxygens (including phenoxy) is 1. The van der Waals surface area contributed by atoms with Crippen LogP contribution in [0.4, 0.5) is 0 Å². The summed E-state index contributed by atoms with van der Waals surface area (Å²) < 4.78 is 5.38. The number of fused-ring (bicyclic) bond motifs is 1. The lowest BCUT2D eigenvalue weighted by molar-refractivity contribution is -0.118. The molecular formula is C21H25NO2S. The van der Waals surface area contributed by atoms with Gasteiger partial charge in [0, 0.05) is 11.4 Å². The zero-order valence-corrected chi connectivity index (χ0v) is 15.7. The van der Waals surface area contributed by atoms with Crippen LogP contribution in [0.5, 0.6) is 5.75 Å². The average Bonchev–Trinajstić information content (AvgIpc) is 3.08. The van der Waals surface area contributed by atoms with Crippen LogP contribution in [0.25, 0.3) is 0 Å². The first kappa shape index (κ1) is 17.9. The maximum absolute atomic E-state index is 12.1. The van der Waals surface area contributed by atoms with E-state index in [1.54, 1.807) is 18.9 Å². The zero-order valence-electron chi connectivity index (χ0n) is 14.9. The molecule has 1 N–H and O–H groups in total. The fourth-order valence-electron chi connectivity index (χ4n) is 3.28. The van der Waals surface area contributed by atoms with E-state index in [1.165, 1.54) is 40.8 Å². The minimum atomic E-state index is 0.0807. The smallest absolute Gasteiger partial charge is 0.230 e. The van der Waals surface area contributed by atoms with Crippen LogP contribution < -0.4 is 10.1 Å². The summed E-state index contributed by atoms with van der Waals surface area (Å²) in [5.74, 6) is 1.42. The minimum Gasteiger partial charge on any atom is -0.496 e. The van der Waals surface area contributed by atoms with Gasteiger partial charge in [0.2, 0.25) is 5.91 Å². The van der Waals surface area contributed by atoms with E-state index in [1.807, 2.05) is 12.1 Å². The first-order valence-corrected chi connectivity index (χ1v) is 9.79. The van der Waals surface area contributed by atoms with Crippen molar-refractivity contribution in [3.63, 3.8) is 0 Å². The number of methoxy groups -OCH3 is 1. The van der Waals surface area contributed by atoms with Gasteiger partial charge in [-0.2, -0.15) is 0 Å². The summed E-state index contributed by atoms with van der Waals surface area (Å²) >= 11 is 1.61. The number of rotatable bonds is 7. The predicted molar refractivity (Wildman–Crippen MR) is 104 cm³/mol. The van der Waals surface area contributed by atoms with Gasteiger partial charge in [-0.25, -0.2) is 0 Å². The Labute approximate surface area is 154 Å². The lowest BCUT2D eigenvalue weighted by atomic mass is 10.1. The van der Waals surface area contributed by atoms with E-state index in [4.69, 9.17) is 4.74 Å². The number of benzene rings is 2. The molecule has 1 aliphatic rings. The number of amides is 1. The summed E-state index contributed by atoms with van der Waals surface area (Å²) in [6, 6.07) is 12.7. The van der Waals surface area contributed by atoms with Crippen LogP contribution in [-0.2, 0) is 24.1 Å². The van der Waals surface area contributed by atoms with Gasteiger partial charge < -0.3 is 10.1 Å². The van der Waals surface area contributed by atoms with Gasteiger partial charge in [0.15, 0.2) is 0 Å². The Morgan fingerprint density at radius 1 is 1.16 bits per heavy atom. The molecule has 4 heteroatoms. The maximum Gasteiger partial charge on any atom is 0.230 e. The van der Waals surface area contributed by atoms with E-state index >= 15 is 0 Å². The second-order valence-electron chi connectivity index (χ2n) is 6.49. The molecule has 0 heterocycles. The first-order valence-electron chi connectivity index (χ1n) is 8.80. The zero-order chi connectivity index (χ0) is 17.6. The van der Waals surface area contributed by atoms with Crippen LogP contribution in [0, 0.1) is 6.92 Å². The molecule has 0 spiro atoms. The third-order valence-corrected chi connectivity index (χ3v) is 5.59. The lowest BCUT2D eigenvalue weighted by Crippen LogP contribution is -2.27. The van der Waals surface area contributed by atoms with Gasteiger partial charge in [-0.15, -0.1) is 11.8 Å². The number of thioether (sulfide) groups is 1. The first-order chi connectivity index (χ1) is 12.2. The number of nitrogens with one attached hydrogen (secondary N) is 1. The van der Waals surface area contributed by atoms with Crippen LogP contribution in [0.3, 0.4) is 0 Å². The van der Waals surface area contributed by atoms with E-state index in [0.717, 1.165) is 17.7 Å². The summed E-state index contributed by atoms with van der Waals surface area (Å²) in [7, 11) is 1.68. The topological polar surface area (TPSA) is 38.3 Å². The van der Waals surface area contributed by atoms with Crippen molar-refractivity contribution in [1.82, 2.24) is 5.32 Å². The second-order valence-corrected chi connectivity index (χ2v) is 7.54. The Morgan fingerprint density at radius 3 is 2.84 bits per heavy atom. The lowest BCUT2D eigenvalue weighted by Gasteiger charge is -2.10. The van der Waals surface area contributed by atoms with Crippen molar-refractivity contribution in [2.75, 3.05) is 19.4 Å². The van der Waals surface area contributed by atoms with Crippen LogP contribution in [0.15, 0.2) is 41.3 Å². The van der Waals surface area contributed by atoms with Gasteiger partial charge in [-0.3, -0.25) is 4.79 Å². The quantitative estimate of drug-likeness (QED) is 0.765. The molecule has 1 aliphatic carbocycles. The highest BCUT2D eigenvalue weighted by Gasteiger charge is 2.11. The normalized spacial score (nSPS) is 12.7. The molecule has 2 aromatic carbocycles. The fraction of sp³-hybridized carbons (Fsp3) is 0.381. The van der Waals surface area contributed by atoms with E-state index in [0.29, 0.717) is 12.3 Å². The van der Waals surface area contributed by atoms with Gasteiger partial charge in [0.25, 0.3) is 0 Å². The van der Waals surface area contributed by atoms with Crippen molar-refractivity contribution in [1.29, 1.82) is 0 Å². The molecule has 0 fully saturated rings. The third-order valence-electron chi connectivity index (χ3n) is 4.59. The van der Waals surface area contributed by atoms with Crippen molar-refractivity contribution >= 4 is 17.7 Å². The van der Waals surface area contributed by atoms with Crippen molar-refractivity contribution in [3.05, 3.63) is 58.7 Å². The highest BCUT2D eigenvalue weighted by Crippen LogP contribution is 2.27. The molecule has 3 nitrogen and oxygen atoms in total. The molecule has 0 saturated carbocycles. The number of carbonyl (C=O) groups excluding carboxylic acids is 1. The van der Waals surface area contributed by atoms with Gasteiger partial charge in [-0.1, -0.05) is 23.8 Å². The Kier molecular flexibility index (Phi) is 6.03. The standard InChI is InChI=1S/C21H25NO2S/c1-15-6-9-20(24-2)18(12-15)10-11-22-21(23)14-25-19-8-7-16-4-3-5-17(16)13-19/h6-9,12-13H,3-5,10-11,14H2,1-2H3,(H,22,23). The molecular weight excluding hydrogens is 330 g/mol.